The van der Waals surface area contributed by atoms with Gasteiger partial charge < -0.3 is 9.47 Å². The zero-order valence-corrected chi connectivity index (χ0v) is 15.4. The molecule has 0 saturated carbocycles. The number of hydrogen-bond donors (Lipinski definition) is 1. The topological polar surface area (TPSA) is 69.1 Å². The molecule has 0 bridgehead atoms. The molecule has 0 aliphatic rings. The summed E-state index contributed by atoms with van der Waals surface area (Å²) >= 11 is 1.50. The van der Waals surface area contributed by atoms with Gasteiger partial charge in [-0.2, -0.15) is 0 Å². The quantitative estimate of drug-likeness (QED) is 0.463. The third kappa shape index (κ3) is 4.92. The van der Waals surface area contributed by atoms with Crippen LogP contribution < -0.4 is 15.2 Å². The summed E-state index contributed by atoms with van der Waals surface area (Å²) in [5.41, 5.74) is 1.01. The van der Waals surface area contributed by atoms with Crippen LogP contribution in [0.5, 0.6) is 11.5 Å². The van der Waals surface area contributed by atoms with Gasteiger partial charge in [0.1, 0.15) is 11.5 Å². The number of rotatable bonds is 9. The highest BCUT2D eigenvalue weighted by atomic mass is 32.2. The number of hydrogen-bond acceptors (Lipinski definition) is 5. The van der Waals surface area contributed by atoms with Crippen LogP contribution >= 0.6 is 11.8 Å². The highest BCUT2D eigenvalue weighted by Gasteiger charge is 2.09. The van der Waals surface area contributed by atoms with E-state index in [1.165, 1.54) is 17.3 Å². The minimum absolute atomic E-state index is 0.181. The molecule has 26 heavy (non-hydrogen) atoms. The monoisotopic (exact) mass is 371 g/mol. The van der Waals surface area contributed by atoms with Crippen molar-refractivity contribution in [2.24, 2.45) is 0 Å². The van der Waals surface area contributed by atoms with Crippen LogP contribution in [0.25, 0.3) is 0 Å². The van der Waals surface area contributed by atoms with E-state index in [9.17, 15) is 4.79 Å². The van der Waals surface area contributed by atoms with Crippen molar-refractivity contribution in [1.29, 1.82) is 0 Å². The second kappa shape index (κ2) is 9.15. The molecule has 0 saturated heterocycles. The van der Waals surface area contributed by atoms with Crippen LogP contribution in [0.2, 0.25) is 0 Å². The number of nitrogens with zero attached hydrogens (tertiary/aromatic N) is 2. The van der Waals surface area contributed by atoms with Crippen molar-refractivity contribution in [3.63, 3.8) is 0 Å². The lowest BCUT2D eigenvalue weighted by atomic mass is 10.1. The maximum absolute atomic E-state index is 12.0. The van der Waals surface area contributed by atoms with Crippen molar-refractivity contribution in [2.75, 3.05) is 19.5 Å². The fourth-order valence-corrected chi connectivity index (χ4v) is 3.25. The zero-order chi connectivity index (χ0) is 18.2. The van der Waals surface area contributed by atoms with Crippen molar-refractivity contribution in [3.05, 3.63) is 70.6 Å². The molecule has 3 rings (SSSR count). The van der Waals surface area contributed by atoms with E-state index in [4.69, 9.17) is 9.47 Å². The van der Waals surface area contributed by atoms with E-state index in [2.05, 4.69) is 22.3 Å². The molecule has 1 heterocycles. The Morgan fingerprint density at radius 2 is 1.81 bits per heavy atom. The van der Waals surface area contributed by atoms with Gasteiger partial charge in [-0.05, 0) is 36.2 Å². The minimum Gasteiger partial charge on any atom is -0.497 e. The van der Waals surface area contributed by atoms with Crippen molar-refractivity contribution < 1.29 is 9.47 Å². The summed E-state index contributed by atoms with van der Waals surface area (Å²) in [7, 11) is 1.63. The molecule has 7 heteroatoms. The van der Waals surface area contributed by atoms with Crippen LogP contribution in [-0.2, 0) is 13.0 Å². The highest BCUT2D eigenvalue weighted by molar-refractivity contribution is 7.99. The molecule has 136 valence electrons. The number of aromatic amines is 1. The van der Waals surface area contributed by atoms with Crippen LogP contribution in [0.3, 0.4) is 0 Å². The van der Waals surface area contributed by atoms with E-state index >= 15 is 0 Å². The summed E-state index contributed by atoms with van der Waals surface area (Å²) in [6.07, 6.45) is 0.788. The number of aromatic nitrogens is 3. The van der Waals surface area contributed by atoms with Gasteiger partial charge in [0, 0.05) is 12.3 Å². The third-order valence-electron chi connectivity index (χ3n) is 3.83. The second-order valence-electron chi connectivity index (χ2n) is 5.57. The van der Waals surface area contributed by atoms with Crippen molar-refractivity contribution in [3.8, 4) is 11.5 Å². The molecule has 0 fully saturated rings. The first-order chi connectivity index (χ1) is 12.8. The number of nitrogens with one attached hydrogen (secondary N) is 1. The van der Waals surface area contributed by atoms with E-state index in [-0.39, 0.29) is 5.69 Å². The normalized spacial score (nSPS) is 10.7. The molecule has 0 aliphatic carbocycles. The largest absolute Gasteiger partial charge is 0.497 e. The average molecular weight is 371 g/mol. The number of methoxy groups -OCH3 is 1. The molecule has 1 N–H and O–H groups in total. The summed E-state index contributed by atoms with van der Waals surface area (Å²) in [6, 6.07) is 17.6. The Morgan fingerprint density at radius 1 is 1.08 bits per heavy atom. The molecule has 0 radical (unpaired) electrons. The lowest BCUT2D eigenvalue weighted by molar-refractivity contribution is 0.342. The summed E-state index contributed by atoms with van der Waals surface area (Å²) in [4.78, 5) is 12.0. The Labute approximate surface area is 156 Å². The molecular weight excluding hydrogens is 350 g/mol. The van der Waals surface area contributed by atoms with Crippen LogP contribution in [0.15, 0.2) is 64.5 Å². The highest BCUT2D eigenvalue weighted by Crippen LogP contribution is 2.18. The van der Waals surface area contributed by atoms with Crippen LogP contribution in [0.4, 0.5) is 0 Å². The van der Waals surface area contributed by atoms with E-state index in [0.717, 1.165) is 17.9 Å². The first-order valence-corrected chi connectivity index (χ1v) is 9.33. The van der Waals surface area contributed by atoms with Gasteiger partial charge in [0.15, 0.2) is 5.16 Å². The summed E-state index contributed by atoms with van der Waals surface area (Å²) < 4.78 is 12.5. The SMILES string of the molecule is COc1ccc(OCCSc2n[nH]c(=O)n2CCc2ccccc2)cc1. The average Bonchev–Trinajstić information content (AvgIpc) is 3.04. The smallest absolute Gasteiger partial charge is 0.343 e. The molecule has 0 unspecified atom stereocenters. The van der Waals surface area contributed by atoms with Gasteiger partial charge in [-0.1, -0.05) is 42.1 Å². The molecule has 0 atom stereocenters. The molecule has 0 aliphatic heterocycles. The van der Waals surface area contributed by atoms with E-state index in [0.29, 0.717) is 24.1 Å². The van der Waals surface area contributed by atoms with E-state index in [1.807, 2.05) is 42.5 Å². The fourth-order valence-electron chi connectivity index (χ4n) is 2.46. The minimum atomic E-state index is -0.181. The molecular formula is C19H21N3O3S. The molecule has 2 aromatic carbocycles. The Kier molecular flexibility index (Phi) is 6.38. The number of aryl methyl sites for hydroxylation is 1. The Hall–Kier alpha value is -2.67. The maximum atomic E-state index is 12.0. The number of benzene rings is 2. The molecule has 3 aromatic rings. The van der Waals surface area contributed by atoms with Crippen molar-refractivity contribution in [1.82, 2.24) is 14.8 Å². The van der Waals surface area contributed by atoms with Gasteiger partial charge >= 0.3 is 5.69 Å². The van der Waals surface area contributed by atoms with Gasteiger partial charge in [0.05, 0.1) is 13.7 Å². The summed E-state index contributed by atoms with van der Waals surface area (Å²) in [5, 5.41) is 7.32. The third-order valence-corrected chi connectivity index (χ3v) is 4.77. The Balaban J connectivity index is 1.49. The van der Waals surface area contributed by atoms with Crippen LogP contribution in [0, 0.1) is 0 Å². The van der Waals surface area contributed by atoms with Gasteiger partial charge in [0.25, 0.3) is 0 Å². The lowest BCUT2D eigenvalue weighted by Crippen LogP contribution is -2.19. The van der Waals surface area contributed by atoms with Crippen LogP contribution in [0.1, 0.15) is 5.56 Å². The van der Waals surface area contributed by atoms with Gasteiger partial charge in [-0.15, -0.1) is 5.10 Å². The predicted octanol–water partition coefficient (Wildman–Crippen LogP) is 2.99. The van der Waals surface area contributed by atoms with E-state index < -0.39 is 0 Å². The van der Waals surface area contributed by atoms with Gasteiger partial charge in [-0.25, -0.2) is 9.89 Å². The lowest BCUT2D eigenvalue weighted by Gasteiger charge is -2.08. The Morgan fingerprint density at radius 3 is 2.54 bits per heavy atom. The Bertz CT molecular complexity index is 860. The van der Waals surface area contributed by atoms with Crippen molar-refractivity contribution >= 4 is 11.8 Å². The standard InChI is InChI=1S/C19H21N3O3S/c1-24-16-7-9-17(10-8-16)25-13-14-26-19-21-20-18(23)22(19)12-11-15-5-3-2-4-6-15/h2-10H,11-14H2,1H3,(H,20,23). The van der Waals surface area contributed by atoms with Crippen molar-refractivity contribution in [2.45, 2.75) is 18.1 Å². The molecule has 0 amide bonds. The van der Waals surface area contributed by atoms with Crippen LogP contribution in [-0.4, -0.2) is 34.2 Å². The van der Waals surface area contributed by atoms with E-state index in [1.54, 1.807) is 11.7 Å². The first kappa shape index (κ1) is 18.1. The number of thioether (sulfide) groups is 1. The zero-order valence-electron chi connectivity index (χ0n) is 14.6. The second-order valence-corrected chi connectivity index (χ2v) is 6.63. The van der Waals surface area contributed by atoms with Gasteiger partial charge in [-0.3, -0.25) is 4.57 Å². The molecule has 0 spiro atoms. The number of H-pyrrole nitrogens is 1. The van der Waals surface area contributed by atoms with Gasteiger partial charge in [0.2, 0.25) is 0 Å². The maximum Gasteiger partial charge on any atom is 0.343 e. The fraction of sp³-hybridized carbons (Fsp3) is 0.263. The molecule has 6 nitrogen and oxygen atoms in total. The first-order valence-electron chi connectivity index (χ1n) is 8.35. The number of ether oxygens (including phenoxy) is 2. The predicted molar refractivity (Wildman–Crippen MR) is 102 cm³/mol. The molecule has 1 aromatic heterocycles. The summed E-state index contributed by atoms with van der Waals surface area (Å²) in [5.74, 6) is 2.28. The summed E-state index contributed by atoms with van der Waals surface area (Å²) in [6.45, 7) is 1.12.